The van der Waals surface area contributed by atoms with Crippen molar-refractivity contribution in [1.82, 2.24) is 0 Å². The van der Waals surface area contributed by atoms with Crippen LogP contribution in [0.3, 0.4) is 0 Å². The predicted octanol–water partition coefficient (Wildman–Crippen LogP) is 2.29. The van der Waals surface area contributed by atoms with E-state index in [1.807, 2.05) is 0 Å². The zero-order chi connectivity index (χ0) is 14.9. The van der Waals surface area contributed by atoms with Gasteiger partial charge in [0.25, 0.3) is 5.91 Å². The summed E-state index contributed by atoms with van der Waals surface area (Å²) >= 11 is 0. The Labute approximate surface area is 112 Å². The van der Waals surface area contributed by atoms with Crippen molar-refractivity contribution in [2.45, 2.75) is 6.10 Å². The molecule has 0 spiro atoms. The molecule has 1 atom stereocenters. The quantitative estimate of drug-likeness (QED) is 0.848. The maximum atomic E-state index is 13.2. The summed E-state index contributed by atoms with van der Waals surface area (Å²) in [5.41, 5.74) is 5.28. The van der Waals surface area contributed by atoms with Gasteiger partial charge in [0.15, 0.2) is 23.6 Å². The van der Waals surface area contributed by atoms with Crippen LogP contribution in [-0.4, -0.2) is 11.0 Å². The molecule has 0 saturated heterocycles. The molecule has 0 aliphatic rings. The molecule has 3 N–H and O–H groups in total. The summed E-state index contributed by atoms with van der Waals surface area (Å²) in [5, 5.41) is 9.70. The number of aliphatic hydroxyl groups is 1. The molecule has 0 aliphatic carbocycles. The molecule has 2 aromatic rings. The summed E-state index contributed by atoms with van der Waals surface area (Å²) in [6, 6.07) is 7.47. The lowest BCUT2D eigenvalue weighted by Gasteiger charge is -2.13. The van der Waals surface area contributed by atoms with E-state index in [-0.39, 0.29) is 16.7 Å². The van der Waals surface area contributed by atoms with Crippen molar-refractivity contribution in [1.29, 1.82) is 0 Å². The molecule has 2 rings (SSSR count). The summed E-state index contributed by atoms with van der Waals surface area (Å²) in [6.07, 6.45) is -1.62. The van der Waals surface area contributed by atoms with E-state index in [0.717, 1.165) is 12.1 Å². The van der Waals surface area contributed by atoms with Crippen LogP contribution < -0.4 is 5.73 Å². The van der Waals surface area contributed by atoms with Crippen molar-refractivity contribution >= 4 is 5.91 Å². The number of carbonyl (C=O) groups is 1. The predicted molar refractivity (Wildman–Crippen MR) is 65.9 cm³/mol. The lowest BCUT2D eigenvalue weighted by molar-refractivity contribution is -0.126. The van der Waals surface area contributed by atoms with Gasteiger partial charge in [0.1, 0.15) is 0 Å². The molecule has 104 valence electrons. The van der Waals surface area contributed by atoms with E-state index < -0.39 is 29.5 Å². The van der Waals surface area contributed by atoms with E-state index in [2.05, 4.69) is 0 Å². The maximum absolute atomic E-state index is 13.2. The smallest absolute Gasteiger partial charge is 0.250 e. The van der Waals surface area contributed by atoms with Crippen LogP contribution in [-0.2, 0) is 4.79 Å². The van der Waals surface area contributed by atoms with Gasteiger partial charge in [-0.3, -0.25) is 4.79 Å². The largest absolute Gasteiger partial charge is 0.378 e. The lowest BCUT2D eigenvalue weighted by Crippen LogP contribution is -2.21. The zero-order valence-corrected chi connectivity index (χ0v) is 10.1. The fourth-order valence-corrected chi connectivity index (χ4v) is 1.86. The molecule has 20 heavy (non-hydrogen) atoms. The summed E-state index contributed by atoms with van der Waals surface area (Å²) in [5.74, 6) is -5.30. The zero-order valence-electron chi connectivity index (χ0n) is 10.1. The fraction of sp³-hybridized carbons (Fsp3) is 0.0714. The van der Waals surface area contributed by atoms with Gasteiger partial charge in [0, 0.05) is 0 Å². The van der Waals surface area contributed by atoms with Gasteiger partial charge in [-0.2, -0.15) is 0 Å². The minimum atomic E-state index is -1.62. The first kappa shape index (κ1) is 14.1. The molecule has 0 fully saturated rings. The second-order valence-corrected chi connectivity index (χ2v) is 4.15. The third-order valence-corrected chi connectivity index (χ3v) is 2.82. The molecule has 3 nitrogen and oxygen atoms in total. The molecule has 6 heteroatoms. The average Bonchev–Trinajstić information content (AvgIpc) is 2.43. The second-order valence-electron chi connectivity index (χ2n) is 4.15. The second kappa shape index (κ2) is 5.34. The number of halogens is 3. The van der Waals surface area contributed by atoms with Crippen LogP contribution in [0, 0.1) is 17.5 Å². The number of hydrogen-bond donors (Lipinski definition) is 2. The highest BCUT2D eigenvalue weighted by molar-refractivity contribution is 5.83. The number of benzene rings is 2. The molecule has 0 bridgehead atoms. The first-order valence-electron chi connectivity index (χ1n) is 5.63. The monoisotopic (exact) mass is 281 g/mol. The van der Waals surface area contributed by atoms with Crippen molar-refractivity contribution < 1.29 is 23.1 Å². The van der Waals surface area contributed by atoms with Crippen molar-refractivity contribution in [2.75, 3.05) is 0 Å². The van der Waals surface area contributed by atoms with E-state index >= 15 is 0 Å². The summed E-state index contributed by atoms with van der Waals surface area (Å²) in [7, 11) is 0. The third-order valence-electron chi connectivity index (χ3n) is 2.82. The van der Waals surface area contributed by atoms with Crippen LogP contribution >= 0.6 is 0 Å². The third kappa shape index (κ3) is 2.50. The number of primary amides is 1. The number of carbonyl (C=O) groups excluding carboxylic acids is 1. The normalized spacial score (nSPS) is 12.2. The van der Waals surface area contributed by atoms with Crippen molar-refractivity contribution in [3.63, 3.8) is 0 Å². The highest BCUT2D eigenvalue weighted by Crippen LogP contribution is 2.30. The van der Waals surface area contributed by atoms with Crippen LogP contribution in [0.5, 0.6) is 0 Å². The Hall–Kier alpha value is -2.34. The number of amides is 1. The first-order valence-corrected chi connectivity index (χ1v) is 5.63. The standard InChI is InChI=1S/C14H10F3NO2/c15-10-5-7(6-11(16)12(10)17)8-3-1-2-4-9(8)13(19)14(18)20/h1-6,13,19H,(H2,18,20). The maximum Gasteiger partial charge on any atom is 0.250 e. The molecular weight excluding hydrogens is 271 g/mol. The summed E-state index contributed by atoms with van der Waals surface area (Å²) < 4.78 is 39.4. The van der Waals surface area contributed by atoms with E-state index in [4.69, 9.17) is 5.73 Å². The van der Waals surface area contributed by atoms with Gasteiger partial charge >= 0.3 is 0 Å². The lowest BCUT2D eigenvalue weighted by atomic mass is 9.95. The number of rotatable bonds is 3. The molecule has 0 radical (unpaired) electrons. The summed E-state index contributed by atoms with van der Waals surface area (Å²) in [4.78, 5) is 11.0. The number of nitrogens with two attached hydrogens (primary N) is 1. The average molecular weight is 281 g/mol. The van der Waals surface area contributed by atoms with Crippen LogP contribution in [0.25, 0.3) is 11.1 Å². The van der Waals surface area contributed by atoms with Crippen LogP contribution in [0.4, 0.5) is 13.2 Å². The van der Waals surface area contributed by atoms with Gasteiger partial charge < -0.3 is 10.8 Å². The SMILES string of the molecule is NC(=O)C(O)c1ccccc1-c1cc(F)c(F)c(F)c1. The molecule has 1 unspecified atom stereocenters. The van der Waals surface area contributed by atoms with Gasteiger partial charge in [-0.1, -0.05) is 24.3 Å². The Morgan fingerprint density at radius 3 is 2.20 bits per heavy atom. The Kier molecular flexibility index (Phi) is 3.76. The summed E-state index contributed by atoms with van der Waals surface area (Å²) in [6.45, 7) is 0. The topological polar surface area (TPSA) is 63.3 Å². The molecule has 1 amide bonds. The molecule has 0 aliphatic heterocycles. The van der Waals surface area contributed by atoms with Gasteiger partial charge in [-0.05, 0) is 28.8 Å². The van der Waals surface area contributed by atoms with Gasteiger partial charge in [-0.15, -0.1) is 0 Å². The highest BCUT2D eigenvalue weighted by atomic mass is 19.2. The van der Waals surface area contributed by atoms with E-state index in [1.54, 1.807) is 6.07 Å². The molecular formula is C14H10F3NO2. The molecule has 2 aromatic carbocycles. The highest BCUT2D eigenvalue weighted by Gasteiger charge is 2.20. The van der Waals surface area contributed by atoms with Gasteiger partial charge in [-0.25, -0.2) is 13.2 Å². The van der Waals surface area contributed by atoms with Crippen molar-refractivity contribution in [3.8, 4) is 11.1 Å². The van der Waals surface area contributed by atoms with Crippen LogP contribution in [0.1, 0.15) is 11.7 Å². The Balaban J connectivity index is 2.62. The number of aliphatic hydroxyl groups excluding tert-OH is 1. The first-order chi connectivity index (χ1) is 9.41. The van der Waals surface area contributed by atoms with Gasteiger partial charge in [0.05, 0.1) is 0 Å². The van der Waals surface area contributed by atoms with Crippen molar-refractivity contribution in [2.24, 2.45) is 5.73 Å². The molecule has 0 saturated carbocycles. The minimum Gasteiger partial charge on any atom is -0.378 e. The Morgan fingerprint density at radius 2 is 1.65 bits per heavy atom. The van der Waals surface area contributed by atoms with E-state index in [9.17, 15) is 23.1 Å². The molecule has 0 heterocycles. The molecule has 0 aromatic heterocycles. The minimum absolute atomic E-state index is 0.00250. The Bertz CT molecular complexity index is 650. The van der Waals surface area contributed by atoms with E-state index in [1.165, 1.54) is 18.2 Å². The Morgan fingerprint density at radius 1 is 1.10 bits per heavy atom. The van der Waals surface area contributed by atoms with Crippen LogP contribution in [0.2, 0.25) is 0 Å². The van der Waals surface area contributed by atoms with E-state index in [0.29, 0.717) is 0 Å². The fourth-order valence-electron chi connectivity index (χ4n) is 1.86. The van der Waals surface area contributed by atoms with Crippen LogP contribution in [0.15, 0.2) is 36.4 Å². The van der Waals surface area contributed by atoms with Gasteiger partial charge in [0.2, 0.25) is 0 Å². The van der Waals surface area contributed by atoms with Crippen molar-refractivity contribution in [3.05, 3.63) is 59.4 Å². The number of hydrogen-bond acceptors (Lipinski definition) is 2.